The molecule has 38 heavy (non-hydrogen) atoms. The van der Waals surface area contributed by atoms with Gasteiger partial charge in [-0.2, -0.15) is 0 Å². The average Bonchev–Trinajstić information content (AvgIpc) is 2.95. The average molecular weight is 525 g/mol. The summed E-state index contributed by atoms with van der Waals surface area (Å²) in [6, 6.07) is 14.5. The summed E-state index contributed by atoms with van der Waals surface area (Å²) in [6.07, 6.45) is 13.3. The Morgan fingerprint density at radius 3 is 2.18 bits per heavy atom. The van der Waals surface area contributed by atoms with Crippen LogP contribution in [0.1, 0.15) is 114 Å². The molecule has 1 atom stereocenters. The van der Waals surface area contributed by atoms with E-state index in [4.69, 9.17) is 18.9 Å². The zero-order valence-electron chi connectivity index (χ0n) is 23.8. The zero-order chi connectivity index (χ0) is 27.0. The molecule has 0 N–H and O–H groups in total. The fraction of sp³-hybridized carbons (Fsp3) is 0.606. The molecule has 1 fully saturated rings. The van der Waals surface area contributed by atoms with E-state index in [1.54, 1.807) is 24.3 Å². The first-order chi connectivity index (χ1) is 18.6. The molecule has 0 unspecified atom stereocenters. The van der Waals surface area contributed by atoms with Crippen LogP contribution in [0.15, 0.2) is 48.5 Å². The fourth-order valence-corrected chi connectivity index (χ4v) is 4.65. The minimum atomic E-state index is -0.388. The number of hydrogen-bond donors (Lipinski definition) is 0. The van der Waals surface area contributed by atoms with E-state index < -0.39 is 0 Å². The Kier molecular flexibility index (Phi) is 13.7. The molecule has 0 radical (unpaired) electrons. The molecule has 1 aliphatic heterocycles. The lowest BCUT2D eigenvalue weighted by Gasteiger charge is -2.29. The van der Waals surface area contributed by atoms with Gasteiger partial charge in [-0.3, -0.25) is 0 Å². The summed E-state index contributed by atoms with van der Waals surface area (Å²) in [7, 11) is 0. The van der Waals surface area contributed by atoms with E-state index in [2.05, 4.69) is 20.8 Å². The van der Waals surface area contributed by atoms with Crippen molar-refractivity contribution >= 4 is 5.97 Å². The third-order valence-corrected chi connectivity index (χ3v) is 7.44. The molecular weight excluding hydrogens is 476 g/mol. The van der Waals surface area contributed by atoms with Crippen LogP contribution in [0, 0.1) is 11.8 Å². The molecule has 0 bridgehead atoms. The summed E-state index contributed by atoms with van der Waals surface area (Å²) >= 11 is 0. The molecule has 1 aliphatic rings. The van der Waals surface area contributed by atoms with E-state index in [1.807, 2.05) is 24.3 Å². The van der Waals surface area contributed by atoms with Crippen molar-refractivity contribution in [2.45, 2.75) is 97.7 Å². The van der Waals surface area contributed by atoms with Gasteiger partial charge in [-0.25, -0.2) is 4.79 Å². The van der Waals surface area contributed by atoms with Crippen LogP contribution < -0.4 is 9.47 Å². The summed E-state index contributed by atoms with van der Waals surface area (Å²) in [4.78, 5) is 12.6. The van der Waals surface area contributed by atoms with Crippen molar-refractivity contribution in [3.8, 4) is 11.5 Å². The highest BCUT2D eigenvalue weighted by Gasteiger charge is 2.23. The van der Waals surface area contributed by atoms with E-state index in [9.17, 15) is 4.79 Å². The Balaban J connectivity index is 1.35. The van der Waals surface area contributed by atoms with Crippen molar-refractivity contribution in [2.75, 3.05) is 19.8 Å². The Hall–Kier alpha value is -2.37. The predicted molar refractivity (Wildman–Crippen MR) is 153 cm³/mol. The number of carbonyl (C=O) groups excluding carboxylic acids is 1. The van der Waals surface area contributed by atoms with Crippen molar-refractivity contribution in [3.05, 3.63) is 59.7 Å². The summed E-state index contributed by atoms with van der Waals surface area (Å²) in [5.74, 6) is 2.17. The smallest absolute Gasteiger partial charge is 0.343 e. The van der Waals surface area contributed by atoms with Gasteiger partial charge in [0.25, 0.3) is 0 Å². The number of esters is 1. The largest absolute Gasteiger partial charge is 0.494 e. The van der Waals surface area contributed by atoms with Crippen LogP contribution in [0.4, 0.5) is 0 Å². The highest BCUT2D eigenvalue weighted by atomic mass is 16.7. The lowest BCUT2D eigenvalue weighted by Crippen LogP contribution is -2.27. The highest BCUT2D eigenvalue weighted by molar-refractivity contribution is 5.91. The lowest BCUT2D eigenvalue weighted by molar-refractivity contribution is -0.206. The first kappa shape index (κ1) is 30.2. The van der Waals surface area contributed by atoms with E-state index in [-0.39, 0.29) is 12.3 Å². The molecule has 0 spiro atoms. The maximum absolute atomic E-state index is 12.6. The van der Waals surface area contributed by atoms with Gasteiger partial charge in [-0.15, -0.1) is 0 Å². The molecule has 0 amide bonds. The molecule has 2 aromatic carbocycles. The van der Waals surface area contributed by atoms with Crippen molar-refractivity contribution in [2.24, 2.45) is 11.8 Å². The standard InChI is InChI=1S/C33H48O5/c1-4-6-7-8-11-14-27-24-36-33(37-25-27)29-17-21-31(22-18-29)38-32(34)28-15-19-30(20-16-28)35-23-12-9-10-13-26(3)5-2/h15-22,26-27,33H,4-14,23-25H2,1-3H3/t26-,27?,33?/m0/s1. The van der Waals surface area contributed by atoms with Crippen LogP contribution in [-0.2, 0) is 9.47 Å². The van der Waals surface area contributed by atoms with Gasteiger partial charge >= 0.3 is 5.97 Å². The monoisotopic (exact) mass is 524 g/mol. The van der Waals surface area contributed by atoms with Crippen LogP contribution >= 0.6 is 0 Å². The normalized spacial score (nSPS) is 18.2. The van der Waals surface area contributed by atoms with Crippen molar-refractivity contribution in [3.63, 3.8) is 0 Å². The summed E-state index contributed by atoms with van der Waals surface area (Å²) < 4.78 is 23.3. The third kappa shape index (κ3) is 10.8. The topological polar surface area (TPSA) is 54.0 Å². The number of hydrogen-bond acceptors (Lipinski definition) is 5. The Labute approximate surface area is 230 Å². The fourth-order valence-electron chi connectivity index (χ4n) is 4.65. The van der Waals surface area contributed by atoms with Crippen molar-refractivity contribution in [1.29, 1.82) is 0 Å². The molecule has 3 rings (SSSR count). The van der Waals surface area contributed by atoms with Gasteiger partial charge in [0.15, 0.2) is 6.29 Å². The predicted octanol–water partition coefficient (Wildman–Crippen LogP) is 8.91. The number of benzene rings is 2. The van der Waals surface area contributed by atoms with Crippen LogP contribution in [0.3, 0.4) is 0 Å². The van der Waals surface area contributed by atoms with Gasteiger partial charge in [0.05, 0.1) is 25.4 Å². The van der Waals surface area contributed by atoms with E-state index in [0.717, 1.165) is 43.3 Å². The first-order valence-electron chi connectivity index (χ1n) is 14.9. The number of ether oxygens (including phenoxy) is 4. The molecule has 0 aromatic heterocycles. The Morgan fingerprint density at radius 2 is 1.50 bits per heavy atom. The van der Waals surface area contributed by atoms with Gasteiger partial charge in [0.2, 0.25) is 0 Å². The molecule has 1 heterocycles. The van der Waals surface area contributed by atoms with Gasteiger partial charge < -0.3 is 18.9 Å². The van der Waals surface area contributed by atoms with Crippen molar-refractivity contribution in [1.82, 2.24) is 0 Å². The number of unbranched alkanes of at least 4 members (excludes halogenated alkanes) is 6. The van der Waals surface area contributed by atoms with Crippen LogP contribution in [0.25, 0.3) is 0 Å². The SMILES string of the molecule is CCCCCCCC1COC(c2ccc(OC(=O)c3ccc(OCCCCC[C@@H](C)CC)cc3)cc2)OC1. The molecule has 2 aromatic rings. The van der Waals surface area contributed by atoms with E-state index in [1.165, 1.54) is 57.8 Å². The van der Waals surface area contributed by atoms with E-state index >= 15 is 0 Å². The summed E-state index contributed by atoms with van der Waals surface area (Å²) in [5, 5.41) is 0. The second-order valence-corrected chi connectivity index (χ2v) is 10.8. The minimum Gasteiger partial charge on any atom is -0.494 e. The molecule has 0 aliphatic carbocycles. The van der Waals surface area contributed by atoms with Gasteiger partial charge in [-0.1, -0.05) is 90.7 Å². The summed E-state index contributed by atoms with van der Waals surface area (Å²) in [5.41, 5.74) is 1.43. The molecule has 5 heteroatoms. The van der Waals surface area contributed by atoms with Gasteiger partial charge in [0, 0.05) is 11.5 Å². The number of rotatable bonds is 17. The molecular formula is C33H48O5. The molecule has 1 saturated heterocycles. The van der Waals surface area contributed by atoms with Gasteiger partial charge in [-0.05, 0) is 55.2 Å². The van der Waals surface area contributed by atoms with Crippen LogP contribution in [-0.4, -0.2) is 25.8 Å². The third-order valence-electron chi connectivity index (χ3n) is 7.44. The number of carbonyl (C=O) groups is 1. The first-order valence-corrected chi connectivity index (χ1v) is 14.9. The quantitative estimate of drug-likeness (QED) is 0.117. The molecule has 0 saturated carbocycles. The summed E-state index contributed by atoms with van der Waals surface area (Å²) in [6.45, 7) is 8.96. The Morgan fingerprint density at radius 1 is 0.842 bits per heavy atom. The van der Waals surface area contributed by atoms with Gasteiger partial charge in [0.1, 0.15) is 11.5 Å². The lowest BCUT2D eigenvalue weighted by atomic mass is 10.0. The maximum atomic E-state index is 12.6. The molecule has 5 nitrogen and oxygen atoms in total. The molecule has 210 valence electrons. The van der Waals surface area contributed by atoms with Crippen LogP contribution in [0.2, 0.25) is 0 Å². The minimum absolute atomic E-state index is 0.358. The second kappa shape index (κ2) is 17.3. The highest BCUT2D eigenvalue weighted by Crippen LogP contribution is 2.29. The van der Waals surface area contributed by atoms with Crippen molar-refractivity contribution < 1.29 is 23.7 Å². The van der Waals surface area contributed by atoms with E-state index in [0.29, 0.717) is 23.8 Å². The maximum Gasteiger partial charge on any atom is 0.343 e. The zero-order valence-corrected chi connectivity index (χ0v) is 23.8. The Bertz CT molecular complexity index is 900. The van der Waals surface area contributed by atoms with Crippen LogP contribution in [0.5, 0.6) is 11.5 Å². The second-order valence-electron chi connectivity index (χ2n) is 10.8.